The van der Waals surface area contributed by atoms with Crippen LogP contribution in [0.15, 0.2) is 53.9 Å². The Morgan fingerprint density at radius 3 is 2.56 bits per heavy atom. The quantitative estimate of drug-likeness (QED) is 0.518. The van der Waals surface area contributed by atoms with Gasteiger partial charge in [0.25, 0.3) is 0 Å². The number of nitrogens with zero attached hydrogens (tertiary/aromatic N) is 4. The van der Waals surface area contributed by atoms with Gasteiger partial charge in [0.1, 0.15) is 0 Å². The third-order valence-electron chi connectivity index (χ3n) is 6.56. The summed E-state index contributed by atoms with van der Waals surface area (Å²) in [7, 11) is 0. The van der Waals surface area contributed by atoms with E-state index < -0.39 is 0 Å². The third-order valence-corrected chi connectivity index (χ3v) is 7.49. The lowest BCUT2D eigenvalue weighted by molar-refractivity contribution is -0.120. The summed E-state index contributed by atoms with van der Waals surface area (Å²) in [5.41, 5.74) is 3.20. The van der Waals surface area contributed by atoms with Crippen LogP contribution in [-0.4, -0.2) is 37.5 Å². The van der Waals surface area contributed by atoms with E-state index in [1.807, 2.05) is 16.7 Å². The molecule has 6 nitrogen and oxygen atoms in total. The fraction of sp³-hybridized carbons (Fsp3) is 0.440. The van der Waals surface area contributed by atoms with Crippen molar-refractivity contribution in [1.82, 2.24) is 25.1 Å². The van der Waals surface area contributed by atoms with E-state index >= 15 is 0 Å². The number of benzene rings is 1. The third kappa shape index (κ3) is 5.04. The second-order valence-electron chi connectivity index (χ2n) is 8.63. The molecule has 1 aliphatic carbocycles. The average molecular weight is 450 g/mol. The van der Waals surface area contributed by atoms with Crippen molar-refractivity contribution in [3.8, 4) is 17.1 Å². The molecule has 0 aliphatic heterocycles. The molecule has 7 heteroatoms. The summed E-state index contributed by atoms with van der Waals surface area (Å²) in [5, 5.41) is 12.9. The highest BCUT2D eigenvalue weighted by Crippen LogP contribution is 2.30. The van der Waals surface area contributed by atoms with Crippen molar-refractivity contribution < 1.29 is 4.79 Å². The van der Waals surface area contributed by atoms with E-state index in [2.05, 4.69) is 65.5 Å². The number of nitrogens with one attached hydrogen (secondary N) is 1. The fourth-order valence-corrected chi connectivity index (χ4v) is 5.09. The molecular formula is C25H31N5OS. The minimum atomic E-state index is 0.0577. The van der Waals surface area contributed by atoms with E-state index in [-0.39, 0.29) is 11.9 Å². The molecule has 0 radical (unpaired) electrons. The molecule has 4 rings (SSSR count). The monoisotopic (exact) mass is 449 g/mol. The standard InChI is InChI=1S/C25H31N5OS/c1-4-19-8-10-21(11-9-19)30-24(20-12-14-26-15-13-20)28-29-25(30)32-16-23(31)27-22-7-5-6-17(2)18(22)3/h8-15,17-18,22H,4-7,16H2,1-3H3,(H,27,31)/t17-,18+,22-/m1/s1. The van der Waals surface area contributed by atoms with Gasteiger partial charge in [-0.15, -0.1) is 10.2 Å². The number of hydrogen-bond donors (Lipinski definition) is 1. The molecule has 1 aliphatic rings. The van der Waals surface area contributed by atoms with Gasteiger partial charge < -0.3 is 5.32 Å². The first-order valence-corrected chi connectivity index (χ1v) is 12.4. The summed E-state index contributed by atoms with van der Waals surface area (Å²) in [5.74, 6) is 2.28. The highest BCUT2D eigenvalue weighted by Gasteiger charge is 2.28. The maximum absolute atomic E-state index is 12.7. The van der Waals surface area contributed by atoms with E-state index in [9.17, 15) is 4.79 Å². The van der Waals surface area contributed by atoms with Crippen LogP contribution in [-0.2, 0) is 11.2 Å². The van der Waals surface area contributed by atoms with Crippen LogP contribution in [0.1, 0.15) is 45.6 Å². The van der Waals surface area contributed by atoms with Gasteiger partial charge in [-0.2, -0.15) is 0 Å². The van der Waals surface area contributed by atoms with Crippen molar-refractivity contribution in [2.45, 2.75) is 57.7 Å². The van der Waals surface area contributed by atoms with Crippen molar-refractivity contribution in [3.05, 3.63) is 54.4 Å². The molecule has 0 unspecified atom stereocenters. The van der Waals surface area contributed by atoms with E-state index in [1.54, 1.807) is 12.4 Å². The van der Waals surface area contributed by atoms with Crippen LogP contribution in [0.25, 0.3) is 17.1 Å². The van der Waals surface area contributed by atoms with Crippen molar-refractivity contribution in [2.24, 2.45) is 11.8 Å². The lowest BCUT2D eigenvalue weighted by Gasteiger charge is -2.34. The SMILES string of the molecule is CCc1ccc(-n2c(SCC(=O)N[C@@H]3CCC[C@@H](C)[C@@H]3C)nnc2-c2ccncc2)cc1. The van der Waals surface area contributed by atoms with Gasteiger partial charge in [0.2, 0.25) is 5.91 Å². The second-order valence-corrected chi connectivity index (χ2v) is 9.57. The smallest absolute Gasteiger partial charge is 0.230 e. The Labute approximate surface area is 194 Å². The van der Waals surface area contributed by atoms with Crippen LogP contribution in [0, 0.1) is 11.8 Å². The molecule has 32 heavy (non-hydrogen) atoms. The number of aryl methyl sites for hydroxylation is 1. The summed E-state index contributed by atoms with van der Waals surface area (Å²) >= 11 is 1.43. The number of rotatable bonds is 7. The predicted molar refractivity (Wildman–Crippen MR) is 129 cm³/mol. The number of carbonyl (C=O) groups excluding carboxylic acids is 1. The largest absolute Gasteiger partial charge is 0.352 e. The van der Waals surface area contributed by atoms with Crippen molar-refractivity contribution >= 4 is 17.7 Å². The predicted octanol–water partition coefficient (Wildman–Crippen LogP) is 4.92. The molecule has 1 aromatic carbocycles. The van der Waals surface area contributed by atoms with Crippen molar-refractivity contribution in [3.63, 3.8) is 0 Å². The minimum Gasteiger partial charge on any atom is -0.352 e. The van der Waals surface area contributed by atoms with Crippen LogP contribution in [0.4, 0.5) is 0 Å². The van der Waals surface area contributed by atoms with Gasteiger partial charge in [0.05, 0.1) is 5.75 Å². The van der Waals surface area contributed by atoms with E-state index in [4.69, 9.17) is 0 Å². The van der Waals surface area contributed by atoms with Gasteiger partial charge in [-0.05, 0) is 54.5 Å². The molecule has 2 aromatic heterocycles. The van der Waals surface area contributed by atoms with Crippen molar-refractivity contribution in [1.29, 1.82) is 0 Å². The Bertz CT molecular complexity index is 1030. The van der Waals surface area contributed by atoms with Crippen LogP contribution < -0.4 is 5.32 Å². The van der Waals surface area contributed by atoms with Gasteiger partial charge >= 0.3 is 0 Å². The number of amides is 1. The summed E-state index contributed by atoms with van der Waals surface area (Å²) in [6.45, 7) is 6.67. The maximum Gasteiger partial charge on any atom is 0.230 e. The molecule has 1 fully saturated rings. The Balaban J connectivity index is 1.54. The minimum absolute atomic E-state index is 0.0577. The van der Waals surface area contributed by atoms with Gasteiger partial charge in [-0.3, -0.25) is 14.3 Å². The van der Waals surface area contributed by atoms with E-state index in [0.29, 0.717) is 22.7 Å². The lowest BCUT2D eigenvalue weighted by atomic mass is 9.78. The topological polar surface area (TPSA) is 72.7 Å². The lowest BCUT2D eigenvalue weighted by Crippen LogP contribution is -2.44. The molecule has 168 valence electrons. The van der Waals surface area contributed by atoms with Crippen LogP contribution in [0.3, 0.4) is 0 Å². The molecule has 1 saturated carbocycles. The van der Waals surface area contributed by atoms with Gasteiger partial charge in [0.15, 0.2) is 11.0 Å². The molecule has 3 atom stereocenters. The first kappa shape index (κ1) is 22.5. The van der Waals surface area contributed by atoms with Gasteiger partial charge in [-0.1, -0.05) is 57.5 Å². The molecule has 0 bridgehead atoms. The summed E-state index contributed by atoms with van der Waals surface area (Å²) < 4.78 is 2.03. The summed E-state index contributed by atoms with van der Waals surface area (Å²) in [4.78, 5) is 16.9. The average Bonchev–Trinajstić information content (AvgIpc) is 3.25. The number of carbonyl (C=O) groups is 1. The van der Waals surface area contributed by atoms with Crippen LogP contribution in [0.2, 0.25) is 0 Å². The van der Waals surface area contributed by atoms with Gasteiger partial charge in [0, 0.05) is 29.7 Å². The zero-order chi connectivity index (χ0) is 22.5. The van der Waals surface area contributed by atoms with E-state index in [0.717, 1.165) is 29.9 Å². The first-order valence-electron chi connectivity index (χ1n) is 11.4. The molecule has 0 spiro atoms. The molecule has 2 heterocycles. The maximum atomic E-state index is 12.7. The highest BCUT2D eigenvalue weighted by atomic mass is 32.2. The van der Waals surface area contributed by atoms with Crippen molar-refractivity contribution in [2.75, 3.05) is 5.75 Å². The number of pyridine rings is 1. The highest BCUT2D eigenvalue weighted by molar-refractivity contribution is 7.99. The molecule has 1 amide bonds. The Kier molecular flexibility index (Phi) is 7.25. The number of aromatic nitrogens is 4. The van der Waals surface area contributed by atoms with E-state index in [1.165, 1.54) is 30.2 Å². The Hall–Kier alpha value is -2.67. The van der Waals surface area contributed by atoms with Crippen LogP contribution >= 0.6 is 11.8 Å². The van der Waals surface area contributed by atoms with Gasteiger partial charge in [-0.25, -0.2) is 0 Å². The summed E-state index contributed by atoms with van der Waals surface area (Å²) in [6.07, 6.45) is 7.98. The fourth-order valence-electron chi connectivity index (χ4n) is 4.33. The second kappa shape index (κ2) is 10.3. The van der Waals surface area contributed by atoms with Crippen LogP contribution in [0.5, 0.6) is 0 Å². The zero-order valence-corrected chi connectivity index (χ0v) is 19.8. The molecule has 0 saturated heterocycles. The number of hydrogen-bond acceptors (Lipinski definition) is 5. The summed E-state index contributed by atoms with van der Waals surface area (Å²) in [6, 6.07) is 12.5. The first-order chi connectivity index (χ1) is 15.6. The Morgan fingerprint density at radius 1 is 1.09 bits per heavy atom. The molecule has 3 aromatic rings. The zero-order valence-electron chi connectivity index (χ0n) is 19.0. The molecular weight excluding hydrogens is 418 g/mol. The normalized spacial score (nSPS) is 20.8. The molecule has 1 N–H and O–H groups in total. The Morgan fingerprint density at radius 2 is 1.84 bits per heavy atom. The number of thioether (sulfide) groups is 1.